The second-order valence-corrected chi connectivity index (χ2v) is 6.46. The van der Waals surface area contributed by atoms with Crippen LogP contribution in [0.1, 0.15) is 35.2 Å². The molecule has 0 bridgehead atoms. The van der Waals surface area contributed by atoms with Crippen molar-refractivity contribution in [2.45, 2.75) is 31.7 Å². The van der Waals surface area contributed by atoms with Gasteiger partial charge in [-0.2, -0.15) is 0 Å². The minimum Gasteiger partial charge on any atom is -0.493 e. The van der Waals surface area contributed by atoms with E-state index in [9.17, 15) is 9.18 Å². The minimum absolute atomic E-state index is 0.201. The van der Waals surface area contributed by atoms with E-state index in [2.05, 4.69) is 16.8 Å². The van der Waals surface area contributed by atoms with Crippen LogP contribution in [0.5, 0.6) is 11.5 Å². The molecule has 1 aromatic carbocycles. The van der Waals surface area contributed by atoms with Crippen LogP contribution < -0.4 is 14.8 Å². The number of hydrogen-bond acceptors (Lipinski definition) is 4. The third kappa shape index (κ3) is 4.97. The van der Waals surface area contributed by atoms with E-state index in [0.29, 0.717) is 42.5 Å². The lowest BCUT2D eigenvalue weighted by Gasteiger charge is -2.23. The van der Waals surface area contributed by atoms with E-state index in [1.807, 2.05) is 6.08 Å². The first kappa shape index (κ1) is 20.2. The Bertz CT molecular complexity index is 621. The summed E-state index contributed by atoms with van der Waals surface area (Å²) in [6.45, 7) is 5.84. The van der Waals surface area contributed by atoms with Gasteiger partial charge in [0.05, 0.1) is 26.5 Å². The predicted octanol–water partition coefficient (Wildman–Crippen LogP) is 2.99. The van der Waals surface area contributed by atoms with Gasteiger partial charge in [-0.15, -0.1) is 6.58 Å². The third-order valence-electron chi connectivity index (χ3n) is 4.74. The molecule has 1 fully saturated rings. The largest absolute Gasteiger partial charge is 0.493 e. The summed E-state index contributed by atoms with van der Waals surface area (Å²) in [6.07, 6.45) is 5.04. The fourth-order valence-electron chi connectivity index (χ4n) is 3.44. The van der Waals surface area contributed by atoms with E-state index < -0.39 is 6.67 Å². The zero-order valence-corrected chi connectivity index (χ0v) is 15.7. The molecule has 144 valence electrons. The maximum atomic E-state index is 12.8. The summed E-state index contributed by atoms with van der Waals surface area (Å²) in [7, 11) is 3.04. The first-order valence-electron chi connectivity index (χ1n) is 9.08. The standard InChI is InChI=1S/C20H29FN2O3/c1-4-10-23-11-6-8-16(23)14-22-20(24)17-12-15(7-5-9-21)13-18(25-2)19(17)26-3/h4,12-13,16H,1,5-11,14H2,2-3H3,(H,22,24)/t16-/m0/s1. The zero-order valence-electron chi connectivity index (χ0n) is 15.7. The van der Waals surface area contributed by atoms with Gasteiger partial charge in [0.2, 0.25) is 0 Å². The van der Waals surface area contributed by atoms with Crippen LogP contribution >= 0.6 is 0 Å². The van der Waals surface area contributed by atoms with Crippen molar-refractivity contribution in [3.8, 4) is 11.5 Å². The van der Waals surface area contributed by atoms with Gasteiger partial charge in [0, 0.05) is 19.1 Å². The number of carbonyl (C=O) groups excluding carboxylic acids is 1. The van der Waals surface area contributed by atoms with Gasteiger partial charge >= 0.3 is 0 Å². The van der Waals surface area contributed by atoms with Crippen molar-refractivity contribution < 1.29 is 18.7 Å². The van der Waals surface area contributed by atoms with Gasteiger partial charge in [-0.3, -0.25) is 14.1 Å². The average molecular weight is 364 g/mol. The Morgan fingerprint density at radius 3 is 2.88 bits per heavy atom. The van der Waals surface area contributed by atoms with E-state index in [1.54, 1.807) is 12.1 Å². The molecule has 0 aliphatic carbocycles. The number of amides is 1. The molecule has 0 unspecified atom stereocenters. The van der Waals surface area contributed by atoms with E-state index >= 15 is 0 Å². The summed E-state index contributed by atoms with van der Waals surface area (Å²) in [5.74, 6) is 0.694. The van der Waals surface area contributed by atoms with Crippen LogP contribution in [-0.4, -0.2) is 57.4 Å². The summed E-state index contributed by atoms with van der Waals surface area (Å²) in [6, 6.07) is 3.89. The molecule has 2 rings (SSSR count). The monoisotopic (exact) mass is 364 g/mol. The average Bonchev–Trinajstić information content (AvgIpc) is 3.10. The van der Waals surface area contributed by atoms with Gasteiger partial charge in [-0.1, -0.05) is 6.08 Å². The second kappa shape index (κ2) is 10.2. The highest BCUT2D eigenvalue weighted by atomic mass is 19.1. The first-order chi connectivity index (χ1) is 12.6. The van der Waals surface area contributed by atoms with E-state index in [4.69, 9.17) is 9.47 Å². The normalized spacial score (nSPS) is 17.1. The Balaban J connectivity index is 2.14. The molecule has 1 aromatic rings. The Morgan fingerprint density at radius 2 is 2.23 bits per heavy atom. The van der Waals surface area contributed by atoms with Crippen molar-refractivity contribution in [1.29, 1.82) is 0 Å². The lowest BCUT2D eigenvalue weighted by molar-refractivity contribution is 0.0938. The highest BCUT2D eigenvalue weighted by Crippen LogP contribution is 2.33. The Labute approximate surface area is 155 Å². The Kier molecular flexibility index (Phi) is 7.91. The molecule has 0 saturated carbocycles. The number of nitrogens with one attached hydrogen (secondary N) is 1. The number of halogens is 1. The van der Waals surface area contributed by atoms with Gasteiger partial charge < -0.3 is 14.8 Å². The number of benzene rings is 1. The second-order valence-electron chi connectivity index (χ2n) is 6.46. The molecule has 5 nitrogen and oxygen atoms in total. The number of nitrogens with zero attached hydrogens (tertiary/aromatic N) is 1. The van der Waals surface area contributed by atoms with Crippen LogP contribution in [0.25, 0.3) is 0 Å². The molecular weight excluding hydrogens is 335 g/mol. The maximum absolute atomic E-state index is 12.8. The van der Waals surface area contributed by atoms with Crippen LogP contribution in [0.15, 0.2) is 24.8 Å². The smallest absolute Gasteiger partial charge is 0.255 e. The highest BCUT2D eigenvalue weighted by molar-refractivity contribution is 5.98. The molecule has 1 amide bonds. The number of carbonyl (C=O) groups is 1. The van der Waals surface area contributed by atoms with Gasteiger partial charge in [-0.05, 0) is 49.9 Å². The predicted molar refractivity (Wildman–Crippen MR) is 101 cm³/mol. The third-order valence-corrected chi connectivity index (χ3v) is 4.74. The molecule has 0 radical (unpaired) electrons. The van der Waals surface area contributed by atoms with Crippen molar-refractivity contribution in [3.63, 3.8) is 0 Å². The molecule has 1 N–H and O–H groups in total. The molecule has 1 aliphatic heterocycles. The van der Waals surface area contributed by atoms with Crippen molar-refractivity contribution in [2.24, 2.45) is 0 Å². The number of methoxy groups -OCH3 is 2. The molecule has 0 spiro atoms. The van der Waals surface area contributed by atoms with Crippen molar-refractivity contribution >= 4 is 5.91 Å². The van der Waals surface area contributed by atoms with Gasteiger partial charge in [0.25, 0.3) is 5.91 Å². The molecule has 1 atom stereocenters. The van der Waals surface area contributed by atoms with Crippen molar-refractivity contribution in [3.05, 3.63) is 35.9 Å². The first-order valence-corrected chi connectivity index (χ1v) is 9.08. The summed E-state index contributed by atoms with van der Waals surface area (Å²) in [5, 5.41) is 3.01. The number of ether oxygens (including phenoxy) is 2. The Morgan fingerprint density at radius 1 is 1.42 bits per heavy atom. The number of alkyl halides is 1. The van der Waals surface area contributed by atoms with Crippen LogP contribution in [0.2, 0.25) is 0 Å². The number of aryl methyl sites for hydroxylation is 1. The summed E-state index contributed by atoms with van der Waals surface area (Å²) >= 11 is 0. The molecule has 1 aliphatic rings. The van der Waals surface area contributed by atoms with Crippen LogP contribution in [0.4, 0.5) is 4.39 Å². The van der Waals surface area contributed by atoms with Gasteiger partial charge in [-0.25, -0.2) is 0 Å². The zero-order chi connectivity index (χ0) is 18.9. The maximum Gasteiger partial charge on any atom is 0.255 e. The van der Waals surface area contributed by atoms with E-state index in [0.717, 1.165) is 31.5 Å². The highest BCUT2D eigenvalue weighted by Gasteiger charge is 2.25. The number of hydrogen-bond donors (Lipinski definition) is 1. The Hall–Kier alpha value is -2.08. The van der Waals surface area contributed by atoms with Crippen LogP contribution in [0.3, 0.4) is 0 Å². The fourth-order valence-corrected chi connectivity index (χ4v) is 3.44. The summed E-state index contributed by atoms with van der Waals surface area (Å²) in [5.41, 5.74) is 1.29. The number of rotatable bonds is 10. The van der Waals surface area contributed by atoms with Gasteiger partial charge in [0.1, 0.15) is 0 Å². The fraction of sp³-hybridized carbons (Fsp3) is 0.550. The summed E-state index contributed by atoms with van der Waals surface area (Å²) in [4.78, 5) is 15.1. The molecule has 1 heterocycles. The van der Waals surface area contributed by atoms with E-state index in [-0.39, 0.29) is 5.91 Å². The molecule has 0 aromatic heterocycles. The van der Waals surface area contributed by atoms with Crippen molar-refractivity contribution in [2.75, 3.05) is 40.5 Å². The quantitative estimate of drug-likeness (QED) is 0.649. The lowest BCUT2D eigenvalue weighted by atomic mass is 10.0. The van der Waals surface area contributed by atoms with E-state index in [1.165, 1.54) is 14.2 Å². The van der Waals surface area contributed by atoms with Crippen LogP contribution in [-0.2, 0) is 6.42 Å². The molecular formula is C20H29FN2O3. The SMILES string of the molecule is C=CCN1CCC[C@H]1CNC(=O)c1cc(CCCF)cc(OC)c1OC. The summed E-state index contributed by atoms with van der Waals surface area (Å²) < 4.78 is 23.3. The molecule has 6 heteroatoms. The number of likely N-dealkylation sites (tertiary alicyclic amines) is 1. The molecule has 26 heavy (non-hydrogen) atoms. The van der Waals surface area contributed by atoms with Crippen LogP contribution in [0, 0.1) is 0 Å². The van der Waals surface area contributed by atoms with Crippen molar-refractivity contribution in [1.82, 2.24) is 10.2 Å². The minimum atomic E-state index is -0.392. The lowest BCUT2D eigenvalue weighted by Crippen LogP contribution is -2.40. The molecule has 1 saturated heterocycles. The van der Waals surface area contributed by atoms with Gasteiger partial charge in [0.15, 0.2) is 11.5 Å². The topological polar surface area (TPSA) is 50.8 Å².